The topological polar surface area (TPSA) is 4.93 Å². The number of benzene rings is 17. The third-order valence-electron chi connectivity index (χ3n) is 20.5. The molecule has 0 aliphatic carbocycles. The van der Waals surface area contributed by atoms with Crippen LogP contribution in [0.1, 0.15) is 0 Å². The standard InChI is InChI=1S/C96H59NS2/c1-7-24-60(25-8-1)70-50-82(64-32-15-5-16-33-64)93-87(54-70)89-56-72(62-28-11-3-12-29-62)52-84(95(89)98-93)68-43-46-80-81-47-44-69(59-92(81)97(91(80)58-68)74-37-23-36-66(48-74)67-42-45-79-77-40-20-19-38-75(77)76-39-21-22-41-78(76)86(79)49-67)85-53-73(63-30-13-4-14-31-63)57-90-88-55-71(61-26-9-2-10-27-61)51-83(94(88)99-96(85)90)65-34-17-6-18-35-65/h1-59H. The molecule has 0 N–H and O–H groups in total. The molecule has 0 saturated heterocycles. The van der Waals surface area contributed by atoms with E-state index in [-0.39, 0.29) is 0 Å². The summed E-state index contributed by atoms with van der Waals surface area (Å²) in [6.45, 7) is 0. The van der Waals surface area contributed by atoms with E-state index in [1.807, 2.05) is 22.7 Å². The molecule has 3 heteroatoms. The molecule has 1 nitrogen and oxygen atoms in total. The number of thiophene rings is 2. The molecule has 0 radical (unpaired) electrons. The van der Waals surface area contributed by atoms with Crippen LogP contribution in [0.15, 0.2) is 358 Å². The van der Waals surface area contributed by atoms with Crippen LogP contribution in [0.3, 0.4) is 0 Å². The molecule has 0 unspecified atom stereocenters. The molecular weight excluding hydrogens is 1230 g/mol. The molecule has 0 atom stereocenters. The second-order valence-electron chi connectivity index (χ2n) is 26.2. The Labute approximate surface area is 581 Å². The van der Waals surface area contributed by atoms with E-state index in [9.17, 15) is 0 Å². The lowest BCUT2D eigenvalue weighted by Gasteiger charge is -2.14. The van der Waals surface area contributed by atoms with Gasteiger partial charge in [0.1, 0.15) is 0 Å². The van der Waals surface area contributed by atoms with E-state index < -0.39 is 0 Å². The number of hydrogen-bond donors (Lipinski definition) is 0. The van der Waals surface area contributed by atoms with Crippen molar-refractivity contribution in [2.24, 2.45) is 0 Å². The minimum Gasteiger partial charge on any atom is -0.309 e. The monoisotopic (exact) mass is 1290 g/mol. The van der Waals surface area contributed by atoms with Gasteiger partial charge in [0.05, 0.1) is 11.0 Å². The maximum atomic E-state index is 2.57. The first-order valence-electron chi connectivity index (χ1n) is 34.0. The van der Waals surface area contributed by atoms with Crippen molar-refractivity contribution in [3.8, 4) is 106 Å². The zero-order valence-corrected chi connectivity index (χ0v) is 55.5. The maximum absolute atomic E-state index is 2.57. The van der Waals surface area contributed by atoms with Crippen molar-refractivity contribution in [2.75, 3.05) is 0 Å². The second kappa shape index (κ2) is 23.3. The molecule has 0 aliphatic heterocycles. The first kappa shape index (κ1) is 57.0. The van der Waals surface area contributed by atoms with Crippen molar-refractivity contribution in [1.29, 1.82) is 0 Å². The summed E-state index contributed by atoms with van der Waals surface area (Å²) in [7, 11) is 0. The van der Waals surface area contributed by atoms with E-state index in [1.54, 1.807) is 0 Å². The average molecular weight is 1290 g/mol. The Hall–Kier alpha value is -12.2. The zero-order valence-electron chi connectivity index (χ0n) is 53.8. The van der Waals surface area contributed by atoms with Crippen LogP contribution < -0.4 is 0 Å². The van der Waals surface area contributed by atoms with Crippen LogP contribution in [-0.2, 0) is 0 Å². The van der Waals surface area contributed by atoms with Crippen LogP contribution in [0, 0.1) is 0 Å². The molecule has 20 aromatic rings. The number of hydrogen-bond acceptors (Lipinski definition) is 2. The minimum absolute atomic E-state index is 1.10. The highest BCUT2D eigenvalue weighted by atomic mass is 32.1. The van der Waals surface area contributed by atoms with Crippen molar-refractivity contribution >= 4 is 117 Å². The second-order valence-corrected chi connectivity index (χ2v) is 28.2. The molecule has 460 valence electrons. The van der Waals surface area contributed by atoms with Gasteiger partial charge >= 0.3 is 0 Å². The first-order chi connectivity index (χ1) is 49.1. The highest BCUT2D eigenvalue weighted by molar-refractivity contribution is 7.27. The molecule has 17 aromatic carbocycles. The molecule has 0 fully saturated rings. The SMILES string of the molecule is c1ccc(-c2cc(-c3ccccc3)c3sc4c(-c5ccc6c7ccc(-c8cc(-c9ccccc9)cc9c8sc8c(-c%10ccccc%10)cc(-c%10ccccc%10)cc89)cc7n(-c7cccc(-c8ccc9c%10ccccc%10c%10ccccc%10c9c8)c7)c6c5)cc(-c5ccccc5)cc4c3c2)cc1. The van der Waals surface area contributed by atoms with Crippen LogP contribution in [0.2, 0.25) is 0 Å². The van der Waals surface area contributed by atoms with Gasteiger partial charge in [0, 0.05) is 79.1 Å². The van der Waals surface area contributed by atoms with Crippen LogP contribution in [-0.4, -0.2) is 4.57 Å². The van der Waals surface area contributed by atoms with Crippen LogP contribution in [0.25, 0.3) is 200 Å². The van der Waals surface area contributed by atoms with Crippen molar-refractivity contribution < 1.29 is 0 Å². The molecule has 3 aromatic heterocycles. The molecule has 99 heavy (non-hydrogen) atoms. The van der Waals surface area contributed by atoms with Crippen LogP contribution >= 0.6 is 22.7 Å². The average Bonchev–Trinajstić information content (AvgIpc) is 1.66. The van der Waals surface area contributed by atoms with Crippen molar-refractivity contribution in [3.05, 3.63) is 358 Å². The lowest BCUT2D eigenvalue weighted by molar-refractivity contribution is 1.18. The Kier molecular flexibility index (Phi) is 13.4. The lowest BCUT2D eigenvalue weighted by Crippen LogP contribution is -1.95. The van der Waals surface area contributed by atoms with Gasteiger partial charge in [-0.3, -0.25) is 0 Å². The first-order valence-corrected chi connectivity index (χ1v) is 35.6. The third kappa shape index (κ3) is 9.57. The largest absolute Gasteiger partial charge is 0.309 e. The summed E-state index contributed by atoms with van der Waals surface area (Å²) >= 11 is 3.84. The normalized spacial score (nSPS) is 11.8. The summed E-state index contributed by atoms with van der Waals surface area (Å²) in [6, 6.07) is 134. The van der Waals surface area contributed by atoms with Crippen molar-refractivity contribution in [1.82, 2.24) is 4.57 Å². The molecule has 0 spiro atoms. The van der Waals surface area contributed by atoms with Gasteiger partial charge in [-0.1, -0.05) is 279 Å². The Bertz CT molecular complexity index is 6270. The molecule has 3 heterocycles. The fourth-order valence-electron chi connectivity index (χ4n) is 15.8. The molecule has 0 saturated carbocycles. The Balaban J connectivity index is 0.850. The number of fused-ring (bicyclic) bond motifs is 15. The van der Waals surface area contributed by atoms with E-state index in [2.05, 4.69) is 362 Å². The highest BCUT2D eigenvalue weighted by Crippen LogP contribution is 2.52. The maximum Gasteiger partial charge on any atom is 0.0547 e. The van der Waals surface area contributed by atoms with Crippen LogP contribution in [0.5, 0.6) is 0 Å². The van der Waals surface area contributed by atoms with E-state index >= 15 is 0 Å². The van der Waals surface area contributed by atoms with Gasteiger partial charge in [-0.2, -0.15) is 0 Å². The Morgan fingerprint density at radius 2 is 0.424 bits per heavy atom. The van der Waals surface area contributed by atoms with Crippen molar-refractivity contribution in [2.45, 2.75) is 0 Å². The van der Waals surface area contributed by atoms with Gasteiger partial charge in [0.25, 0.3) is 0 Å². The summed E-state index contributed by atoms with van der Waals surface area (Å²) in [5, 5.41) is 15.1. The van der Waals surface area contributed by atoms with E-state index in [4.69, 9.17) is 0 Å². The summed E-state index contributed by atoms with van der Waals surface area (Å²) in [6.07, 6.45) is 0. The van der Waals surface area contributed by atoms with E-state index in [0.29, 0.717) is 0 Å². The van der Waals surface area contributed by atoms with Gasteiger partial charge in [-0.05, 0) is 189 Å². The predicted molar refractivity (Wildman–Crippen MR) is 428 cm³/mol. The quantitative estimate of drug-likeness (QED) is 0.120. The zero-order chi connectivity index (χ0) is 65.1. The Morgan fingerprint density at radius 3 is 0.798 bits per heavy atom. The molecule has 0 amide bonds. The molecule has 20 rings (SSSR count). The summed E-state index contributed by atoms with van der Waals surface area (Å²) in [4.78, 5) is 0. The van der Waals surface area contributed by atoms with E-state index in [1.165, 1.54) is 178 Å². The summed E-state index contributed by atoms with van der Waals surface area (Å²) in [5.74, 6) is 0. The third-order valence-corrected chi connectivity index (χ3v) is 23.1. The number of aromatic nitrogens is 1. The number of rotatable bonds is 10. The van der Waals surface area contributed by atoms with Crippen LogP contribution in [0.4, 0.5) is 0 Å². The molecule has 0 bridgehead atoms. The highest BCUT2D eigenvalue weighted by Gasteiger charge is 2.24. The summed E-state index contributed by atoms with van der Waals surface area (Å²) in [5.41, 5.74) is 25.0. The smallest absolute Gasteiger partial charge is 0.0547 e. The van der Waals surface area contributed by atoms with Gasteiger partial charge in [-0.25, -0.2) is 0 Å². The minimum atomic E-state index is 1.10. The summed E-state index contributed by atoms with van der Waals surface area (Å²) < 4.78 is 7.68. The van der Waals surface area contributed by atoms with E-state index in [0.717, 1.165) is 22.3 Å². The Morgan fingerprint density at radius 1 is 0.152 bits per heavy atom. The van der Waals surface area contributed by atoms with Gasteiger partial charge in [-0.15, -0.1) is 22.7 Å². The number of nitrogens with zero attached hydrogens (tertiary/aromatic N) is 1. The predicted octanol–water partition coefficient (Wildman–Crippen LogP) is 28.0. The van der Waals surface area contributed by atoms with Gasteiger partial charge < -0.3 is 4.57 Å². The fraction of sp³-hybridized carbons (Fsp3) is 0. The fourth-order valence-corrected chi connectivity index (χ4v) is 18.5. The van der Waals surface area contributed by atoms with Crippen molar-refractivity contribution in [3.63, 3.8) is 0 Å². The van der Waals surface area contributed by atoms with Gasteiger partial charge in [0.15, 0.2) is 0 Å². The molecular formula is C96H59NS2. The lowest BCUT2D eigenvalue weighted by atomic mass is 9.92. The van der Waals surface area contributed by atoms with Gasteiger partial charge in [0.2, 0.25) is 0 Å². The molecule has 0 aliphatic rings.